The maximum Gasteiger partial charge on any atom is 0.270 e. The van der Waals surface area contributed by atoms with E-state index in [0.29, 0.717) is 5.69 Å². The van der Waals surface area contributed by atoms with Gasteiger partial charge in [-0.3, -0.25) is 9.78 Å². The van der Waals surface area contributed by atoms with Crippen molar-refractivity contribution in [1.29, 1.82) is 0 Å². The normalized spacial score (nSPS) is 15.5. The average molecular weight is 311 g/mol. The van der Waals surface area contributed by atoms with Crippen LogP contribution in [0, 0.1) is 13.8 Å². The van der Waals surface area contributed by atoms with Crippen molar-refractivity contribution in [2.24, 2.45) is 0 Å². The number of amides is 1. The molecule has 1 aliphatic rings. The van der Waals surface area contributed by atoms with Crippen molar-refractivity contribution in [3.63, 3.8) is 0 Å². The molecule has 1 amide bonds. The van der Waals surface area contributed by atoms with Crippen molar-refractivity contribution in [2.45, 2.75) is 32.7 Å². The minimum absolute atomic E-state index is 0.0993. The minimum atomic E-state index is -0.0993. The highest BCUT2D eigenvalue weighted by Crippen LogP contribution is 2.19. The molecule has 0 atom stereocenters. The molecule has 1 saturated heterocycles. The van der Waals surface area contributed by atoms with E-state index in [1.165, 1.54) is 0 Å². The standard InChI is InChI=1S/C17H21N5O/c1-12-11-16(20-13(2)19-12)22-9-6-14(7-10-22)21-17(23)15-5-3-4-8-18-15/h3-5,8,11,14H,6-7,9-10H2,1-2H3,(H,21,23). The van der Waals surface area contributed by atoms with E-state index in [-0.39, 0.29) is 11.9 Å². The van der Waals surface area contributed by atoms with Crippen LogP contribution in [0.3, 0.4) is 0 Å². The molecule has 0 saturated carbocycles. The number of pyridine rings is 1. The fourth-order valence-electron chi connectivity index (χ4n) is 2.87. The number of aryl methyl sites for hydroxylation is 2. The lowest BCUT2D eigenvalue weighted by molar-refractivity contribution is 0.0926. The largest absolute Gasteiger partial charge is 0.356 e. The number of carbonyl (C=O) groups is 1. The Morgan fingerprint density at radius 2 is 2.00 bits per heavy atom. The molecule has 6 heteroatoms. The predicted octanol–water partition coefficient (Wildman–Crippen LogP) is 1.89. The van der Waals surface area contributed by atoms with E-state index in [1.54, 1.807) is 18.3 Å². The van der Waals surface area contributed by atoms with E-state index in [1.807, 2.05) is 26.0 Å². The number of carbonyl (C=O) groups excluding carboxylic acids is 1. The molecule has 0 unspecified atom stereocenters. The summed E-state index contributed by atoms with van der Waals surface area (Å²) in [6, 6.07) is 7.56. The molecule has 120 valence electrons. The second-order valence-corrected chi connectivity index (χ2v) is 5.86. The van der Waals surface area contributed by atoms with Crippen LogP contribution in [0.15, 0.2) is 30.5 Å². The summed E-state index contributed by atoms with van der Waals surface area (Å²) in [7, 11) is 0. The molecule has 3 rings (SSSR count). The number of nitrogens with one attached hydrogen (secondary N) is 1. The first-order valence-electron chi connectivity index (χ1n) is 7.91. The number of nitrogens with zero attached hydrogens (tertiary/aromatic N) is 4. The van der Waals surface area contributed by atoms with Crippen LogP contribution in [0.1, 0.15) is 34.8 Å². The summed E-state index contributed by atoms with van der Waals surface area (Å²) >= 11 is 0. The van der Waals surface area contributed by atoms with Gasteiger partial charge in [-0.05, 0) is 38.8 Å². The molecule has 2 aromatic heterocycles. The quantitative estimate of drug-likeness (QED) is 0.937. The molecule has 2 aromatic rings. The SMILES string of the molecule is Cc1cc(N2CCC(NC(=O)c3ccccn3)CC2)nc(C)n1. The van der Waals surface area contributed by atoms with E-state index in [0.717, 1.165) is 43.3 Å². The van der Waals surface area contributed by atoms with Crippen LogP contribution in [-0.2, 0) is 0 Å². The van der Waals surface area contributed by atoms with Crippen LogP contribution in [0.2, 0.25) is 0 Å². The third-order valence-corrected chi connectivity index (χ3v) is 4.00. The summed E-state index contributed by atoms with van der Waals surface area (Å²) < 4.78 is 0. The number of piperidine rings is 1. The van der Waals surface area contributed by atoms with E-state index >= 15 is 0 Å². The molecule has 6 nitrogen and oxygen atoms in total. The molecule has 0 spiro atoms. The van der Waals surface area contributed by atoms with Crippen LogP contribution in [0.4, 0.5) is 5.82 Å². The van der Waals surface area contributed by atoms with Gasteiger partial charge in [-0.25, -0.2) is 9.97 Å². The molecule has 1 N–H and O–H groups in total. The Kier molecular flexibility index (Phi) is 4.50. The van der Waals surface area contributed by atoms with Gasteiger partial charge in [0.1, 0.15) is 17.3 Å². The molecule has 3 heterocycles. The van der Waals surface area contributed by atoms with Gasteiger partial charge in [-0.15, -0.1) is 0 Å². The second-order valence-electron chi connectivity index (χ2n) is 5.86. The summed E-state index contributed by atoms with van der Waals surface area (Å²) in [5.41, 5.74) is 1.45. The van der Waals surface area contributed by atoms with Crippen molar-refractivity contribution < 1.29 is 4.79 Å². The maximum absolute atomic E-state index is 12.1. The number of hydrogen-bond acceptors (Lipinski definition) is 5. The number of anilines is 1. The lowest BCUT2D eigenvalue weighted by Gasteiger charge is -2.33. The summed E-state index contributed by atoms with van der Waals surface area (Å²) in [5, 5.41) is 3.07. The zero-order chi connectivity index (χ0) is 16.2. The van der Waals surface area contributed by atoms with E-state index in [4.69, 9.17) is 0 Å². The van der Waals surface area contributed by atoms with Gasteiger partial charge >= 0.3 is 0 Å². The van der Waals surface area contributed by atoms with Crippen LogP contribution >= 0.6 is 0 Å². The van der Waals surface area contributed by atoms with Gasteiger partial charge in [0.25, 0.3) is 5.91 Å². The van der Waals surface area contributed by atoms with Crippen molar-refractivity contribution in [2.75, 3.05) is 18.0 Å². The summed E-state index contributed by atoms with van der Waals surface area (Å²) in [6.45, 7) is 5.65. The van der Waals surface area contributed by atoms with Gasteiger partial charge < -0.3 is 10.2 Å². The molecule has 1 fully saturated rings. The minimum Gasteiger partial charge on any atom is -0.356 e. The van der Waals surface area contributed by atoms with Crippen molar-refractivity contribution in [3.05, 3.63) is 47.7 Å². The molecule has 0 aromatic carbocycles. The number of rotatable bonds is 3. The highest BCUT2D eigenvalue weighted by atomic mass is 16.1. The first-order chi connectivity index (χ1) is 11.1. The van der Waals surface area contributed by atoms with Gasteiger partial charge in [0, 0.05) is 37.1 Å². The van der Waals surface area contributed by atoms with E-state index in [2.05, 4.69) is 25.2 Å². The monoisotopic (exact) mass is 311 g/mol. The van der Waals surface area contributed by atoms with Crippen LogP contribution in [0.5, 0.6) is 0 Å². The Morgan fingerprint density at radius 3 is 2.65 bits per heavy atom. The Bertz CT molecular complexity index is 660. The molecular formula is C17H21N5O. The first-order valence-corrected chi connectivity index (χ1v) is 7.91. The summed E-state index contributed by atoms with van der Waals surface area (Å²) in [6.07, 6.45) is 3.44. The maximum atomic E-state index is 12.1. The third-order valence-electron chi connectivity index (χ3n) is 4.00. The predicted molar refractivity (Wildman–Crippen MR) is 88.4 cm³/mol. The highest BCUT2D eigenvalue weighted by Gasteiger charge is 2.22. The van der Waals surface area contributed by atoms with Crippen molar-refractivity contribution in [1.82, 2.24) is 20.3 Å². The van der Waals surface area contributed by atoms with E-state index < -0.39 is 0 Å². The van der Waals surface area contributed by atoms with Gasteiger partial charge in [0.15, 0.2) is 0 Å². The molecule has 1 aliphatic heterocycles. The van der Waals surface area contributed by atoms with Gasteiger partial charge in [0.2, 0.25) is 0 Å². The third kappa shape index (κ3) is 3.83. The Labute approximate surface area is 136 Å². The molecular weight excluding hydrogens is 290 g/mol. The Morgan fingerprint density at radius 1 is 1.22 bits per heavy atom. The Balaban J connectivity index is 1.57. The van der Waals surface area contributed by atoms with Crippen LogP contribution in [0.25, 0.3) is 0 Å². The molecule has 0 aliphatic carbocycles. The van der Waals surface area contributed by atoms with E-state index in [9.17, 15) is 4.79 Å². The summed E-state index contributed by atoms with van der Waals surface area (Å²) in [5.74, 6) is 1.67. The fourth-order valence-corrected chi connectivity index (χ4v) is 2.87. The number of aromatic nitrogens is 3. The highest BCUT2D eigenvalue weighted by molar-refractivity contribution is 5.92. The molecule has 23 heavy (non-hydrogen) atoms. The summed E-state index contributed by atoms with van der Waals surface area (Å²) in [4.78, 5) is 27.3. The smallest absolute Gasteiger partial charge is 0.270 e. The van der Waals surface area contributed by atoms with Gasteiger partial charge in [-0.1, -0.05) is 6.07 Å². The topological polar surface area (TPSA) is 71.0 Å². The van der Waals surface area contributed by atoms with Crippen LogP contribution < -0.4 is 10.2 Å². The van der Waals surface area contributed by atoms with Crippen molar-refractivity contribution in [3.8, 4) is 0 Å². The molecule has 0 bridgehead atoms. The fraction of sp³-hybridized carbons (Fsp3) is 0.412. The zero-order valence-electron chi connectivity index (χ0n) is 13.5. The lowest BCUT2D eigenvalue weighted by Crippen LogP contribution is -2.45. The number of hydrogen-bond donors (Lipinski definition) is 1. The van der Waals surface area contributed by atoms with Crippen LogP contribution in [-0.4, -0.2) is 40.0 Å². The average Bonchev–Trinajstić information content (AvgIpc) is 2.55. The first kappa shape index (κ1) is 15.4. The van der Waals surface area contributed by atoms with Gasteiger partial charge in [-0.2, -0.15) is 0 Å². The van der Waals surface area contributed by atoms with Crippen molar-refractivity contribution >= 4 is 11.7 Å². The zero-order valence-corrected chi connectivity index (χ0v) is 13.5. The molecule has 0 radical (unpaired) electrons. The second kappa shape index (κ2) is 6.73. The lowest BCUT2D eigenvalue weighted by atomic mass is 10.0. The Hall–Kier alpha value is -2.50. The van der Waals surface area contributed by atoms with Gasteiger partial charge in [0.05, 0.1) is 0 Å².